The number of carbonyl (C=O) groups excluding carboxylic acids is 1. The highest BCUT2D eigenvalue weighted by molar-refractivity contribution is 5.91. The van der Waals surface area contributed by atoms with Crippen LogP contribution in [0.15, 0.2) is 65.3 Å². The molecule has 1 aromatic heterocycles. The smallest absolute Gasteiger partial charge is 0.273 e. The Balaban J connectivity index is 1.37. The van der Waals surface area contributed by atoms with E-state index < -0.39 is 0 Å². The fourth-order valence-corrected chi connectivity index (χ4v) is 3.96. The van der Waals surface area contributed by atoms with Gasteiger partial charge in [0.15, 0.2) is 5.69 Å². The van der Waals surface area contributed by atoms with Crippen LogP contribution in [0.5, 0.6) is 5.75 Å². The first-order valence-corrected chi connectivity index (χ1v) is 11.6. The van der Waals surface area contributed by atoms with Crippen molar-refractivity contribution in [2.75, 3.05) is 46.5 Å². The van der Waals surface area contributed by atoms with Crippen LogP contribution in [0, 0.1) is 0 Å². The van der Waals surface area contributed by atoms with Crippen molar-refractivity contribution in [2.24, 2.45) is 0 Å². The Morgan fingerprint density at radius 3 is 2.62 bits per heavy atom. The maximum absolute atomic E-state index is 12.5. The van der Waals surface area contributed by atoms with Crippen LogP contribution >= 0.6 is 0 Å². The summed E-state index contributed by atoms with van der Waals surface area (Å²) in [4.78, 5) is 21.5. The predicted octanol–water partition coefficient (Wildman–Crippen LogP) is 2.95. The van der Waals surface area contributed by atoms with Gasteiger partial charge >= 0.3 is 0 Å². The standard InChI is InChI=1S/C26H32N4O4/c1-32-23-9-5-8-22(16-23)18-30(17-21-6-3-2-4-7-21)19-25-28-24(20-34-25)26(31)27-10-11-29-12-14-33-15-13-29/h2-9,16,20H,10-15,17-19H2,1H3,(H,27,31). The quantitative estimate of drug-likeness (QED) is 0.467. The molecule has 1 saturated heterocycles. The van der Waals surface area contributed by atoms with Crippen LogP contribution < -0.4 is 10.1 Å². The monoisotopic (exact) mass is 464 g/mol. The van der Waals surface area contributed by atoms with Gasteiger partial charge in [-0.1, -0.05) is 42.5 Å². The topological polar surface area (TPSA) is 80.1 Å². The van der Waals surface area contributed by atoms with E-state index in [0.29, 0.717) is 31.2 Å². The summed E-state index contributed by atoms with van der Waals surface area (Å²) in [5.74, 6) is 1.12. The van der Waals surface area contributed by atoms with E-state index >= 15 is 0 Å². The van der Waals surface area contributed by atoms with Crippen LogP contribution in [0.25, 0.3) is 0 Å². The van der Waals surface area contributed by atoms with E-state index in [2.05, 4.69) is 38.3 Å². The van der Waals surface area contributed by atoms with Crippen molar-refractivity contribution < 1.29 is 18.7 Å². The average Bonchev–Trinajstić information content (AvgIpc) is 3.34. The van der Waals surface area contributed by atoms with Crippen molar-refractivity contribution in [2.45, 2.75) is 19.6 Å². The third-order valence-corrected chi connectivity index (χ3v) is 5.75. The number of nitrogens with zero attached hydrogens (tertiary/aromatic N) is 3. The lowest BCUT2D eigenvalue weighted by molar-refractivity contribution is 0.0383. The highest BCUT2D eigenvalue weighted by Gasteiger charge is 2.17. The lowest BCUT2D eigenvalue weighted by Crippen LogP contribution is -2.41. The minimum Gasteiger partial charge on any atom is -0.497 e. The van der Waals surface area contributed by atoms with Gasteiger partial charge in [-0.3, -0.25) is 14.6 Å². The maximum atomic E-state index is 12.5. The Morgan fingerprint density at radius 2 is 1.82 bits per heavy atom. The van der Waals surface area contributed by atoms with Crippen molar-refractivity contribution in [1.82, 2.24) is 20.1 Å². The third-order valence-electron chi connectivity index (χ3n) is 5.75. The summed E-state index contributed by atoms with van der Waals surface area (Å²) < 4.78 is 16.4. The first kappa shape index (κ1) is 23.9. The van der Waals surface area contributed by atoms with Crippen LogP contribution in [-0.4, -0.2) is 67.2 Å². The van der Waals surface area contributed by atoms with Gasteiger partial charge in [0.2, 0.25) is 5.89 Å². The fourth-order valence-electron chi connectivity index (χ4n) is 3.96. The molecule has 34 heavy (non-hydrogen) atoms. The van der Waals surface area contributed by atoms with Gasteiger partial charge in [0.25, 0.3) is 5.91 Å². The lowest BCUT2D eigenvalue weighted by atomic mass is 10.1. The summed E-state index contributed by atoms with van der Waals surface area (Å²) in [6, 6.07) is 18.3. The van der Waals surface area contributed by atoms with Gasteiger partial charge in [-0.25, -0.2) is 4.98 Å². The van der Waals surface area contributed by atoms with Crippen molar-refractivity contribution in [1.29, 1.82) is 0 Å². The average molecular weight is 465 g/mol. The number of amides is 1. The SMILES string of the molecule is COc1cccc(CN(Cc2ccccc2)Cc2nc(C(=O)NCCN3CCOCC3)co2)c1. The van der Waals surface area contributed by atoms with Crippen LogP contribution in [0.1, 0.15) is 27.5 Å². The van der Waals surface area contributed by atoms with E-state index in [4.69, 9.17) is 13.9 Å². The Bertz CT molecular complexity index is 1030. The van der Waals surface area contributed by atoms with Gasteiger partial charge in [-0.05, 0) is 23.3 Å². The van der Waals surface area contributed by atoms with Crippen molar-refractivity contribution in [3.63, 3.8) is 0 Å². The second-order valence-corrected chi connectivity index (χ2v) is 8.32. The summed E-state index contributed by atoms with van der Waals surface area (Å²) in [5.41, 5.74) is 2.62. The highest BCUT2D eigenvalue weighted by atomic mass is 16.5. The first-order valence-electron chi connectivity index (χ1n) is 11.6. The Hall–Kier alpha value is -3.20. The number of benzene rings is 2. The summed E-state index contributed by atoms with van der Waals surface area (Å²) in [7, 11) is 1.67. The van der Waals surface area contributed by atoms with E-state index in [1.54, 1.807) is 7.11 Å². The zero-order valence-electron chi connectivity index (χ0n) is 19.6. The van der Waals surface area contributed by atoms with Crippen molar-refractivity contribution in [3.8, 4) is 5.75 Å². The molecular formula is C26H32N4O4. The predicted molar refractivity (Wildman–Crippen MR) is 128 cm³/mol. The molecule has 1 aliphatic rings. The molecule has 180 valence electrons. The first-order chi connectivity index (χ1) is 16.7. The second-order valence-electron chi connectivity index (χ2n) is 8.32. The van der Waals surface area contributed by atoms with Crippen molar-refractivity contribution >= 4 is 5.91 Å². The van der Waals surface area contributed by atoms with E-state index in [0.717, 1.165) is 50.7 Å². The number of carbonyl (C=O) groups is 1. The molecule has 2 aromatic carbocycles. The van der Waals surface area contributed by atoms with Gasteiger partial charge in [0.1, 0.15) is 12.0 Å². The molecule has 1 aliphatic heterocycles. The number of nitrogens with one attached hydrogen (secondary N) is 1. The molecule has 0 radical (unpaired) electrons. The molecule has 0 bridgehead atoms. The van der Waals surface area contributed by atoms with Crippen LogP contribution in [0.2, 0.25) is 0 Å². The summed E-state index contributed by atoms with van der Waals surface area (Å²) >= 11 is 0. The van der Waals surface area contributed by atoms with Crippen LogP contribution in [0.3, 0.4) is 0 Å². The maximum Gasteiger partial charge on any atom is 0.273 e. The van der Waals surface area contributed by atoms with Gasteiger partial charge in [-0.15, -0.1) is 0 Å². The number of aromatic nitrogens is 1. The summed E-state index contributed by atoms with van der Waals surface area (Å²) in [6.45, 7) is 6.54. The van der Waals surface area contributed by atoms with Gasteiger partial charge < -0.3 is 19.2 Å². The molecular weight excluding hydrogens is 432 g/mol. The Kier molecular flexibility index (Phi) is 8.67. The lowest BCUT2D eigenvalue weighted by Gasteiger charge is -2.26. The second kappa shape index (κ2) is 12.3. The van der Waals surface area contributed by atoms with Gasteiger partial charge in [-0.2, -0.15) is 0 Å². The zero-order chi connectivity index (χ0) is 23.6. The molecule has 3 aromatic rings. The minimum absolute atomic E-state index is 0.217. The van der Waals surface area contributed by atoms with Crippen molar-refractivity contribution in [3.05, 3.63) is 83.6 Å². The summed E-state index contributed by atoms with van der Waals surface area (Å²) in [5, 5.41) is 2.93. The molecule has 0 spiro atoms. The van der Waals surface area contributed by atoms with Crippen LogP contribution in [0.4, 0.5) is 0 Å². The number of hydrogen-bond acceptors (Lipinski definition) is 7. The minimum atomic E-state index is -0.217. The molecule has 1 N–H and O–H groups in total. The molecule has 1 fully saturated rings. The molecule has 0 saturated carbocycles. The van der Waals surface area contributed by atoms with Gasteiger partial charge in [0, 0.05) is 39.3 Å². The number of morpholine rings is 1. The fraction of sp³-hybridized carbons (Fsp3) is 0.385. The highest BCUT2D eigenvalue weighted by Crippen LogP contribution is 2.18. The Labute approximate surface area is 200 Å². The number of ether oxygens (including phenoxy) is 2. The largest absolute Gasteiger partial charge is 0.497 e. The Morgan fingerprint density at radius 1 is 1.06 bits per heavy atom. The number of oxazole rings is 1. The molecule has 2 heterocycles. The van der Waals surface area contributed by atoms with E-state index in [1.807, 2.05) is 36.4 Å². The number of hydrogen-bond donors (Lipinski definition) is 1. The molecule has 0 aliphatic carbocycles. The molecule has 0 atom stereocenters. The van der Waals surface area contributed by atoms with Crippen LogP contribution in [-0.2, 0) is 24.4 Å². The normalized spacial score (nSPS) is 14.3. The van der Waals surface area contributed by atoms with E-state index in [-0.39, 0.29) is 5.91 Å². The molecule has 1 amide bonds. The van der Waals surface area contributed by atoms with Gasteiger partial charge in [0.05, 0.1) is 26.9 Å². The number of rotatable bonds is 11. The third kappa shape index (κ3) is 7.15. The molecule has 4 rings (SSSR count). The van der Waals surface area contributed by atoms with E-state index in [1.165, 1.54) is 11.8 Å². The number of methoxy groups -OCH3 is 1. The summed E-state index contributed by atoms with van der Waals surface area (Å²) in [6.07, 6.45) is 1.44. The zero-order valence-corrected chi connectivity index (χ0v) is 19.6. The molecule has 0 unspecified atom stereocenters. The molecule has 8 heteroatoms. The molecule has 8 nitrogen and oxygen atoms in total. The van der Waals surface area contributed by atoms with E-state index in [9.17, 15) is 4.79 Å².